The molecule has 0 atom stereocenters. The predicted molar refractivity (Wildman–Crippen MR) is 117 cm³/mol. The minimum atomic E-state index is 0.448. The highest BCUT2D eigenvalue weighted by Crippen LogP contribution is 2.38. The van der Waals surface area contributed by atoms with Crippen LogP contribution in [0.15, 0.2) is 42.6 Å². The maximum Gasteiger partial charge on any atom is 0.224 e. The molecule has 0 amide bonds. The van der Waals surface area contributed by atoms with Gasteiger partial charge in [-0.25, -0.2) is 4.98 Å². The zero-order valence-corrected chi connectivity index (χ0v) is 17.7. The van der Waals surface area contributed by atoms with Gasteiger partial charge in [0.25, 0.3) is 0 Å². The van der Waals surface area contributed by atoms with Crippen molar-refractivity contribution in [2.45, 2.75) is 6.54 Å². The van der Waals surface area contributed by atoms with E-state index in [-0.39, 0.29) is 0 Å². The molecular weight excluding hydrogens is 412 g/mol. The third-order valence-corrected chi connectivity index (χ3v) is 5.06. The lowest BCUT2D eigenvalue weighted by molar-refractivity contribution is 0.324. The molecule has 11 heteroatoms. The molecule has 0 unspecified atom stereocenters. The number of hydrogen-bond donors (Lipinski definition) is 2. The second kappa shape index (κ2) is 8.02. The lowest BCUT2D eigenvalue weighted by atomic mass is 10.2. The van der Waals surface area contributed by atoms with Crippen LogP contribution in [-0.4, -0.2) is 51.5 Å². The van der Waals surface area contributed by atoms with Crippen molar-refractivity contribution in [1.82, 2.24) is 30.2 Å². The highest BCUT2D eigenvalue weighted by molar-refractivity contribution is 5.81. The van der Waals surface area contributed by atoms with E-state index in [1.165, 1.54) is 0 Å². The van der Waals surface area contributed by atoms with E-state index in [4.69, 9.17) is 14.2 Å². The summed E-state index contributed by atoms with van der Waals surface area (Å²) in [5.74, 6) is 3.32. The van der Waals surface area contributed by atoms with Crippen LogP contribution in [0.5, 0.6) is 17.2 Å². The summed E-state index contributed by atoms with van der Waals surface area (Å²) in [6.07, 6.45) is 1.70. The number of methoxy groups -OCH3 is 3. The first-order chi connectivity index (χ1) is 15.7. The first-order valence-corrected chi connectivity index (χ1v) is 9.76. The average Bonchev–Trinajstić information content (AvgIpc) is 3.27. The summed E-state index contributed by atoms with van der Waals surface area (Å²) in [5, 5.41) is 18.7. The van der Waals surface area contributed by atoms with Crippen LogP contribution in [0.2, 0.25) is 0 Å². The Balaban J connectivity index is 1.45. The standard InChI is InChI=1S/C21H20N8O3/c1-30-16-8-12(9-17(31-2)18(16)32-3)10-22-21-23-11-13-19(25-21)24-14-6-4-5-7-15(14)29-20(13)26-27-28-29/h4-9,11H,10H2,1-3H3,(H2,22,23,24,25). The molecule has 3 heterocycles. The number of benzene rings is 2. The third-order valence-electron chi connectivity index (χ3n) is 5.06. The second-order valence-electron chi connectivity index (χ2n) is 6.90. The van der Waals surface area contributed by atoms with Gasteiger partial charge in [0.2, 0.25) is 11.7 Å². The number of nitrogens with one attached hydrogen (secondary N) is 2. The Labute approximate surface area is 183 Å². The summed E-state index contributed by atoms with van der Waals surface area (Å²) in [6.45, 7) is 0.448. The van der Waals surface area contributed by atoms with Crippen LogP contribution in [0, 0.1) is 0 Å². The van der Waals surface area contributed by atoms with Gasteiger partial charge in [0.1, 0.15) is 5.82 Å². The fraction of sp³-hybridized carbons (Fsp3) is 0.190. The maximum atomic E-state index is 5.42. The number of fused-ring (bicyclic) bond motifs is 5. The first-order valence-electron chi connectivity index (χ1n) is 9.76. The van der Waals surface area contributed by atoms with Crippen molar-refractivity contribution < 1.29 is 14.2 Å². The molecule has 4 aromatic rings. The Morgan fingerprint density at radius 2 is 1.81 bits per heavy atom. The summed E-state index contributed by atoms with van der Waals surface area (Å²) in [7, 11) is 4.74. The number of nitrogens with zero attached hydrogens (tertiary/aromatic N) is 6. The number of hydrogen-bond acceptors (Lipinski definition) is 10. The van der Waals surface area contributed by atoms with Gasteiger partial charge in [-0.2, -0.15) is 9.67 Å². The number of para-hydroxylation sites is 2. The van der Waals surface area contributed by atoms with Gasteiger partial charge in [0, 0.05) is 12.7 Å². The van der Waals surface area contributed by atoms with Crippen LogP contribution in [0.3, 0.4) is 0 Å². The quantitative estimate of drug-likeness (QED) is 0.414. The summed E-state index contributed by atoms with van der Waals surface area (Å²) in [5.41, 5.74) is 3.29. The lowest BCUT2D eigenvalue weighted by Gasteiger charge is -2.15. The molecule has 0 saturated heterocycles. The van der Waals surface area contributed by atoms with E-state index in [0.29, 0.717) is 46.9 Å². The summed E-state index contributed by atoms with van der Waals surface area (Å²) in [4.78, 5) is 9.11. The molecule has 2 N–H and O–H groups in total. The van der Waals surface area contributed by atoms with E-state index in [9.17, 15) is 0 Å². The molecule has 162 valence electrons. The number of aromatic nitrogens is 6. The molecule has 0 spiro atoms. The Morgan fingerprint density at radius 3 is 2.56 bits per heavy atom. The van der Waals surface area contributed by atoms with Crippen molar-refractivity contribution in [3.63, 3.8) is 0 Å². The van der Waals surface area contributed by atoms with Crippen LogP contribution in [0.1, 0.15) is 5.56 Å². The fourth-order valence-electron chi connectivity index (χ4n) is 3.55. The highest BCUT2D eigenvalue weighted by atomic mass is 16.5. The predicted octanol–water partition coefficient (Wildman–Crippen LogP) is 2.81. The van der Waals surface area contributed by atoms with E-state index in [2.05, 4.69) is 36.1 Å². The molecule has 0 bridgehead atoms. The summed E-state index contributed by atoms with van der Waals surface area (Å²) in [6, 6.07) is 11.5. The fourth-order valence-corrected chi connectivity index (χ4v) is 3.55. The Bertz CT molecular complexity index is 1260. The van der Waals surface area contributed by atoms with Gasteiger partial charge >= 0.3 is 0 Å². The monoisotopic (exact) mass is 432 g/mol. The van der Waals surface area contributed by atoms with Gasteiger partial charge < -0.3 is 24.8 Å². The van der Waals surface area contributed by atoms with Crippen molar-refractivity contribution in [3.8, 4) is 34.3 Å². The van der Waals surface area contributed by atoms with Gasteiger partial charge in [-0.3, -0.25) is 0 Å². The zero-order chi connectivity index (χ0) is 22.1. The number of ether oxygens (including phenoxy) is 3. The van der Waals surface area contributed by atoms with Crippen LogP contribution in [-0.2, 0) is 6.54 Å². The molecule has 2 aromatic heterocycles. The Morgan fingerprint density at radius 1 is 1.03 bits per heavy atom. The summed E-state index contributed by atoms with van der Waals surface area (Å²) >= 11 is 0. The zero-order valence-electron chi connectivity index (χ0n) is 17.7. The van der Waals surface area contributed by atoms with Crippen molar-refractivity contribution in [1.29, 1.82) is 0 Å². The smallest absolute Gasteiger partial charge is 0.224 e. The van der Waals surface area contributed by atoms with Gasteiger partial charge in [-0.05, 0) is 40.3 Å². The number of tetrazole rings is 1. The van der Waals surface area contributed by atoms with Crippen molar-refractivity contribution in [2.75, 3.05) is 32.0 Å². The molecule has 1 aliphatic heterocycles. The lowest BCUT2D eigenvalue weighted by Crippen LogP contribution is -2.07. The van der Waals surface area contributed by atoms with Crippen molar-refractivity contribution >= 4 is 17.5 Å². The minimum Gasteiger partial charge on any atom is -0.493 e. The molecule has 0 radical (unpaired) electrons. The Hall–Kier alpha value is -4.41. The van der Waals surface area contributed by atoms with Crippen LogP contribution in [0.4, 0.5) is 17.5 Å². The van der Waals surface area contributed by atoms with Crippen LogP contribution in [0.25, 0.3) is 17.1 Å². The molecule has 2 aromatic carbocycles. The Kier molecular flexibility index (Phi) is 4.90. The maximum absolute atomic E-state index is 5.42. The van der Waals surface area contributed by atoms with E-state index < -0.39 is 0 Å². The van der Waals surface area contributed by atoms with E-state index >= 15 is 0 Å². The van der Waals surface area contributed by atoms with Gasteiger partial charge in [-0.1, -0.05) is 12.1 Å². The second-order valence-corrected chi connectivity index (χ2v) is 6.90. The van der Waals surface area contributed by atoms with Crippen LogP contribution >= 0.6 is 0 Å². The topological polar surface area (TPSA) is 121 Å². The molecule has 11 nitrogen and oxygen atoms in total. The SMILES string of the molecule is COc1cc(CNc2ncc3c(n2)Nc2ccccc2-n2nnnc2-3)cc(OC)c1OC. The number of rotatable bonds is 6. The average molecular weight is 432 g/mol. The molecule has 1 aliphatic rings. The number of anilines is 3. The van der Waals surface area contributed by atoms with Crippen LogP contribution < -0.4 is 24.8 Å². The molecule has 32 heavy (non-hydrogen) atoms. The van der Waals surface area contributed by atoms with Crippen molar-refractivity contribution in [2.24, 2.45) is 0 Å². The van der Waals surface area contributed by atoms with Gasteiger partial charge in [0.05, 0.1) is 38.3 Å². The first kappa shape index (κ1) is 19.5. The normalized spacial score (nSPS) is 11.3. The highest BCUT2D eigenvalue weighted by Gasteiger charge is 2.23. The van der Waals surface area contributed by atoms with E-state index in [0.717, 1.165) is 16.9 Å². The van der Waals surface area contributed by atoms with E-state index in [1.54, 1.807) is 32.2 Å². The molecular formula is C21H20N8O3. The molecule has 0 aliphatic carbocycles. The van der Waals surface area contributed by atoms with Gasteiger partial charge in [-0.15, -0.1) is 5.10 Å². The molecule has 5 rings (SSSR count). The molecule has 0 saturated carbocycles. The summed E-state index contributed by atoms with van der Waals surface area (Å²) < 4.78 is 17.9. The largest absolute Gasteiger partial charge is 0.493 e. The minimum absolute atomic E-state index is 0.448. The van der Waals surface area contributed by atoms with Crippen molar-refractivity contribution in [3.05, 3.63) is 48.2 Å². The third kappa shape index (κ3) is 3.29. The van der Waals surface area contributed by atoms with Gasteiger partial charge in [0.15, 0.2) is 17.3 Å². The van der Waals surface area contributed by atoms with E-state index in [1.807, 2.05) is 36.4 Å². The molecule has 0 fully saturated rings.